The number of halogens is 2. The minimum absolute atomic E-state index is 0.00161. The number of fused-ring (bicyclic) bond motifs is 1. The fraction of sp³-hybridized carbons (Fsp3) is 0.292. The summed E-state index contributed by atoms with van der Waals surface area (Å²) in [5.74, 6) is -1.40. The van der Waals surface area contributed by atoms with E-state index >= 15 is 0 Å². The molecule has 0 aliphatic heterocycles. The quantitative estimate of drug-likeness (QED) is 0.424. The molecule has 0 saturated heterocycles. The predicted molar refractivity (Wildman–Crippen MR) is 128 cm³/mol. The van der Waals surface area contributed by atoms with Gasteiger partial charge < -0.3 is 11.1 Å². The van der Waals surface area contributed by atoms with Crippen LogP contribution >= 0.6 is 0 Å². The van der Waals surface area contributed by atoms with E-state index in [4.69, 9.17) is 5.73 Å². The first-order valence-corrected chi connectivity index (χ1v) is 13.1. The maximum Gasteiger partial charge on any atom is 0.229 e. The van der Waals surface area contributed by atoms with E-state index in [0.29, 0.717) is 11.5 Å². The van der Waals surface area contributed by atoms with Crippen molar-refractivity contribution in [1.82, 2.24) is 19.6 Å². The Kier molecular flexibility index (Phi) is 5.97. The van der Waals surface area contributed by atoms with Gasteiger partial charge in [-0.2, -0.15) is 9.61 Å². The standard InChI is InChI=1S/C24H24F2N6O2S/c1-35(33,34)17-10-19(25)23(20(26)11-17)21-6-5-16-12-29-24(32(16)31-21)30-22-13-28-8-7-18(22)14-3-2-4-15(27)9-14/h5-8,10-15H,2-4,9,27H2,1H3,(H,29,30)/t14-,15?/m1/s1. The van der Waals surface area contributed by atoms with Gasteiger partial charge in [-0.05, 0) is 61.1 Å². The molecule has 1 fully saturated rings. The number of pyridine rings is 1. The minimum Gasteiger partial charge on any atom is -0.328 e. The lowest BCUT2D eigenvalue weighted by atomic mass is 9.81. The molecule has 3 N–H and O–H groups in total. The number of rotatable bonds is 5. The van der Waals surface area contributed by atoms with Crippen LogP contribution in [-0.2, 0) is 9.84 Å². The second-order valence-electron chi connectivity index (χ2n) is 8.88. The molecule has 0 radical (unpaired) electrons. The van der Waals surface area contributed by atoms with Gasteiger partial charge in [0.1, 0.15) is 11.6 Å². The van der Waals surface area contributed by atoms with Gasteiger partial charge in [-0.3, -0.25) is 4.98 Å². The second-order valence-corrected chi connectivity index (χ2v) is 10.9. The summed E-state index contributed by atoms with van der Waals surface area (Å²) in [5.41, 5.74) is 8.23. The van der Waals surface area contributed by atoms with Crippen LogP contribution in [-0.4, -0.2) is 40.3 Å². The Labute approximate surface area is 201 Å². The SMILES string of the molecule is CS(=O)(=O)c1cc(F)c(-c2ccc3cnc(Nc4cnccc4[C@@H]4CCCC(N)C4)n3n2)c(F)c1. The Morgan fingerprint density at radius 3 is 2.60 bits per heavy atom. The lowest BCUT2D eigenvalue weighted by Gasteiger charge is -2.28. The zero-order valence-electron chi connectivity index (χ0n) is 18.9. The van der Waals surface area contributed by atoms with E-state index in [-0.39, 0.29) is 17.7 Å². The Bertz CT molecular complexity index is 1500. The van der Waals surface area contributed by atoms with E-state index < -0.39 is 31.9 Å². The third-order valence-electron chi connectivity index (χ3n) is 6.34. The van der Waals surface area contributed by atoms with Gasteiger partial charge in [-0.15, -0.1) is 0 Å². The minimum atomic E-state index is -3.77. The van der Waals surface area contributed by atoms with Crippen LogP contribution in [0, 0.1) is 11.6 Å². The summed E-state index contributed by atoms with van der Waals surface area (Å²) in [5, 5.41) is 7.65. The van der Waals surface area contributed by atoms with Crippen molar-refractivity contribution in [1.29, 1.82) is 0 Å². The molecule has 0 bridgehead atoms. The number of hydrogen-bond acceptors (Lipinski definition) is 7. The molecule has 3 aromatic heterocycles. The van der Waals surface area contributed by atoms with E-state index in [0.717, 1.165) is 55.3 Å². The number of benzene rings is 1. The number of aromatic nitrogens is 4. The van der Waals surface area contributed by atoms with Gasteiger partial charge >= 0.3 is 0 Å². The van der Waals surface area contributed by atoms with Crippen LogP contribution in [0.15, 0.2) is 53.8 Å². The number of hydrogen-bond donors (Lipinski definition) is 2. The molecule has 4 aromatic rings. The lowest BCUT2D eigenvalue weighted by molar-refractivity contribution is 0.394. The number of sulfone groups is 1. The average Bonchev–Trinajstić information content (AvgIpc) is 3.20. The highest BCUT2D eigenvalue weighted by atomic mass is 32.2. The van der Waals surface area contributed by atoms with Crippen molar-refractivity contribution in [2.24, 2.45) is 5.73 Å². The summed E-state index contributed by atoms with van der Waals surface area (Å²) in [6.07, 6.45) is 9.91. The first-order valence-electron chi connectivity index (χ1n) is 11.2. The van der Waals surface area contributed by atoms with Crippen molar-refractivity contribution in [2.45, 2.75) is 42.5 Å². The number of nitrogens with zero attached hydrogens (tertiary/aromatic N) is 4. The van der Waals surface area contributed by atoms with Gasteiger partial charge in [-0.1, -0.05) is 6.42 Å². The highest BCUT2D eigenvalue weighted by molar-refractivity contribution is 7.90. The van der Waals surface area contributed by atoms with Crippen LogP contribution in [0.2, 0.25) is 0 Å². The van der Waals surface area contributed by atoms with Crippen LogP contribution in [0.3, 0.4) is 0 Å². The molecular weight excluding hydrogens is 474 g/mol. The molecule has 3 heterocycles. The summed E-state index contributed by atoms with van der Waals surface area (Å²) in [6, 6.07) is 6.81. The van der Waals surface area contributed by atoms with Gasteiger partial charge in [0.25, 0.3) is 0 Å². The molecule has 11 heteroatoms. The van der Waals surface area contributed by atoms with Gasteiger partial charge in [0, 0.05) is 18.5 Å². The van der Waals surface area contributed by atoms with Crippen LogP contribution in [0.1, 0.15) is 37.2 Å². The van der Waals surface area contributed by atoms with Gasteiger partial charge in [0.15, 0.2) is 9.84 Å². The fourth-order valence-electron chi connectivity index (χ4n) is 4.61. The van der Waals surface area contributed by atoms with Crippen LogP contribution in [0.4, 0.5) is 20.4 Å². The molecule has 1 saturated carbocycles. The van der Waals surface area contributed by atoms with E-state index in [9.17, 15) is 17.2 Å². The normalized spacial score (nSPS) is 18.6. The summed E-state index contributed by atoms with van der Waals surface area (Å²) in [6.45, 7) is 0. The largest absolute Gasteiger partial charge is 0.328 e. The van der Waals surface area contributed by atoms with E-state index in [1.807, 2.05) is 6.07 Å². The fourth-order valence-corrected chi connectivity index (χ4v) is 5.24. The Morgan fingerprint density at radius 2 is 1.89 bits per heavy atom. The Hall–Kier alpha value is -3.44. The lowest BCUT2D eigenvalue weighted by Crippen LogP contribution is -2.27. The third-order valence-corrected chi connectivity index (χ3v) is 7.43. The van der Waals surface area contributed by atoms with E-state index in [2.05, 4.69) is 20.4 Å². The smallest absolute Gasteiger partial charge is 0.229 e. The van der Waals surface area contributed by atoms with E-state index in [1.54, 1.807) is 24.7 Å². The zero-order valence-corrected chi connectivity index (χ0v) is 19.8. The highest BCUT2D eigenvalue weighted by Crippen LogP contribution is 2.36. The summed E-state index contributed by atoms with van der Waals surface area (Å²) < 4.78 is 54.5. The van der Waals surface area contributed by atoms with Gasteiger partial charge in [0.05, 0.1) is 39.8 Å². The van der Waals surface area contributed by atoms with Gasteiger partial charge in [0.2, 0.25) is 5.95 Å². The Balaban J connectivity index is 1.53. The maximum atomic E-state index is 14.8. The molecule has 5 rings (SSSR count). The van der Waals surface area contributed by atoms with Crippen molar-refractivity contribution < 1.29 is 17.2 Å². The van der Waals surface area contributed by atoms with Crippen LogP contribution < -0.4 is 11.1 Å². The van der Waals surface area contributed by atoms with Gasteiger partial charge in [-0.25, -0.2) is 22.2 Å². The monoisotopic (exact) mass is 498 g/mol. The molecule has 1 unspecified atom stereocenters. The number of imidazole rings is 1. The first kappa shape index (κ1) is 23.3. The molecule has 0 spiro atoms. The molecular formula is C24H24F2N6O2S. The van der Waals surface area contributed by atoms with Crippen molar-refractivity contribution in [3.63, 3.8) is 0 Å². The topological polar surface area (TPSA) is 115 Å². The summed E-state index contributed by atoms with van der Waals surface area (Å²) >= 11 is 0. The van der Waals surface area contributed by atoms with Crippen LogP contribution in [0.5, 0.6) is 0 Å². The molecule has 182 valence electrons. The second kappa shape index (κ2) is 8.97. The number of nitrogens with one attached hydrogen (secondary N) is 1. The third kappa shape index (κ3) is 4.61. The highest BCUT2D eigenvalue weighted by Gasteiger charge is 2.24. The molecule has 35 heavy (non-hydrogen) atoms. The average molecular weight is 499 g/mol. The molecule has 2 atom stereocenters. The van der Waals surface area contributed by atoms with Crippen molar-refractivity contribution in [3.8, 4) is 11.3 Å². The number of nitrogens with two attached hydrogens (primary N) is 1. The van der Waals surface area contributed by atoms with Crippen molar-refractivity contribution in [2.75, 3.05) is 11.6 Å². The molecule has 0 amide bonds. The van der Waals surface area contributed by atoms with Crippen molar-refractivity contribution in [3.05, 3.63) is 66.1 Å². The molecule has 1 aliphatic rings. The van der Waals surface area contributed by atoms with Crippen LogP contribution in [0.25, 0.3) is 16.8 Å². The predicted octanol–water partition coefficient (Wildman–Crippen LogP) is 4.20. The molecule has 1 aromatic carbocycles. The summed E-state index contributed by atoms with van der Waals surface area (Å²) in [7, 11) is -3.77. The summed E-state index contributed by atoms with van der Waals surface area (Å²) in [4.78, 5) is 8.19. The number of anilines is 2. The zero-order chi connectivity index (χ0) is 24.7. The van der Waals surface area contributed by atoms with Crippen molar-refractivity contribution >= 4 is 27.0 Å². The molecule has 8 nitrogen and oxygen atoms in total. The molecule has 1 aliphatic carbocycles. The Morgan fingerprint density at radius 1 is 1.11 bits per heavy atom. The first-order chi connectivity index (χ1) is 16.7. The maximum absolute atomic E-state index is 14.8. The van der Waals surface area contributed by atoms with E-state index in [1.165, 1.54) is 10.6 Å².